The van der Waals surface area contributed by atoms with Crippen molar-refractivity contribution in [2.24, 2.45) is 0 Å². The zero-order chi connectivity index (χ0) is 23.2. The summed E-state index contributed by atoms with van der Waals surface area (Å²) in [4.78, 5) is 35.6. The molecule has 0 aromatic heterocycles. The number of rotatable bonds is 5. The predicted octanol–water partition coefficient (Wildman–Crippen LogP) is 3.92. The van der Waals surface area contributed by atoms with Crippen molar-refractivity contribution in [1.82, 2.24) is 5.32 Å². The molecule has 3 aromatic rings. The smallest absolute Gasteiger partial charge is 0.296 e. The summed E-state index contributed by atoms with van der Waals surface area (Å²) in [5.74, 6) is 4.78. The van der Waals surface area contributed by atoms with E-state index in [1.165, 1.54) is 0 Å². The second-order valence-electron chi connectivity index (χ2n) is 7.30. The van der Waals surface area contributed by atoms with Gasteiger partial charge in [0.1, 0.15) is 6.29 Å². The molecule has 1 aliphatic heterocycles. The van der Waals surface area contributed by atoms with E-state index in [2.05, 4.69) is 27.8 Å². The summed E-state index contributed by atoms with van der Waals surface area (Å²) in [5, 5.41) is 8.88. The van der Waals surface area contributed by atoms with E-state index in [-0.39, 0.29) is 11.8 Å². The number of hydrogen-bond donors (Lipinski definition) is 3. The van der Waals surface area contributed by atoms with Crippen LogP contribution in [0.25, 0.3) is 11.3 Å². The van der Waals surface area contributed by atoms with Gasteiger partial charge >= 0.3 is 0 Å². The Labute approximate surface area is 191 Å². The van der Waals surface area contributed by atoms with Crippen LogP contribution in [0.15, 0.2) is 72.8 Å². The fourth-order valence-electron chi connectivity index (χ4n) is 3.51. The quantitative estimate of drug-likeness (QED) is 0.322. The summed E-state index contributed by atoms with van der Waals surface area (Å²) in [7, 11) is 0. The SMILES string of the molecule is CCNC(=O)C#Cc1ccc2c(c1)NC(=O)/C2=C(\Nc1ccc(C=O)cc1)c1ccccc1. The minimum Gasteiger partial charge on any atom is -0.354 e. The highest BCUT2D eigenvalue weighted by Crippen LogP contribution is 2.38. The van der Waals surface area contributed by atoms with Crippen LogP contribution in [0, 0.1) is 11.8 Å². The molecule has 4 rings (SSSR count). The van der Waals surface area contributed by atoms with Gasteiger partial charge in [0.25, 0.3) is 11.8 Å². The molecule has 3 aromatic carbocycles. The summed E-state index contributed by atoms with van der Waals surface area (Å²) in [6.07, 6.45) is 0.785. The molecule has 0 radical (unpaired) electrons. The largest absolute Gasteiger partial charge is 0.354 e. The third kappa shape index (κ3) is 4.83. The zero-order valence-electron chi connectivity index (χ0n) is 17.9. The van der Waals surface area contributed by atoms with E-state index in [9.17, 15) is 14.4 Å². The molecule has 1 aliphatic rings. The number of fused-ring (bicyclic) bond motifs is 1. The maximum atomic E-state index is 13.0. The normalized spacial score (nSPS) is 13.2. The van der Waals surface area contributed by atoms with E-state index < -0.39 is 0 Å². The van der Waals surface area contributed by atoms with E-state index >= 15 is 0 Å². The lowest BCUT2D eigenvalue weighted by Crippen LogP contribution is -2.20. The molecule has 0 atom stereocenters. The lowest BCUT2D eigenvalue weighted by Gasteiger charge is -2.15. The highest BCUT2D eigenvalue weighted by molar-refractivity contribution is 6.37. The molecule has 2 amide bonds. The van der Waals surface area contributed by atoms with Gasteiger partial charge in [0.05, 0.1) is 17.0 Å². The number of carbonyl (C=O) groups is 3. The van der Waals surface area contributed by atoms with Crippen molar-refractivity contribution >= 4 is 40.7 Å². The Morgan fingerprint density at radius 3 is 2.48 bits per heavy atom. The van der Waals surface area contributed by atoms with Crippen LogP contribution in [-0.2, 0) is 9.59 Å². The number of nitrogens with one attached hydrogen (secondary N) is 3. The van der Waals surface area contributed by atoms with Crippen LogP contribution in [0.4, 0.5) is 11.4 Å². The number of aldehydes is 1. The first kappa shape index (κ1) is 21.6. The summed E-state index contributed by atoms with van der Waals surface area (Å²) in [5.41, 5.74) is 5.29. The first-order valence-corrected chi connectivity index (χ1v) is 10.5. The van der Waals surface area contributed by atoms with Crippen LogP contribution in [-0.4, -0.2) is 24.6 Å². The van der Waals surface area contributed by atoms with Crippen LogP contribution in [0.2, 0.25) is 0 Å². The fourth-order valence-corrected chi connectivity index (χ4v) is 3.51. The molecule has 6 nitrogen and oxygen atoms in total. The Kier molecular flexibility index (Phi) is 6.33. The predicted molar refractivity (Wildman–Crippen MR) is 129 cm³/mol. The highest BCUT2D eigenvalue weighted by atomic mass is 16.2. The van der Waals surface area contributed by atoms with Crippen LogP contribution >= 0.6 is 0 Å². The van der Waals surface area contributed by atoms with Crippen molar-refractivity contribution in [3.8, 4) is 11.8 Å². The monoisotopic (exact) mass is 435 g/mol. The lowest BCUT2D eigenvalue weighted by molar-refractivity contribution is -0.115. The van der Waals surface area contributed by atoms with Gasteiger partial charge in [-0.1, -0.05) is 42.3 Å². The topological polar surface area (TPSA) is 87.3 Å². The molecule has 6 heteroatoms. The van der Waals surface area contributed by atoms with Gasteiger partial charge < -0.3 is 16.0 Å². The Bertz CT molecular complexity index is 1310. The molecular formula is C27H21N3O3. The number of carbonyl (C=O) groups excluding carboxylic acids is 3. The maximum Gasteiger partial charge on any atom is 0.296 e. The van der Waals surface area contributed by atoms with Crippen LogP contribution < -0.4 is 16.0 Å². The molecule has 1 heterocycles. The van der Waals surface area contributed by atoms with Crippen molar-refractivity contribution in [3.05, 3.63) is 95.1 Å². The van der Waals surface area contributed by atoms with Crippen LogP contribution in [0.3, 0.4) is 0 Å². The lowest BCUT2D eigenvalue weighted by atomic mass is 9.99. The third-order valence-corrected chi connectivity index (χ3v) is 5.05. The van der Waals surface area contributed by atoms with Crippen molar-refractivity contribution in [3.63, 3.8) is 0 Å². The van der Waals surface area contributed by atoms with E-state index in [1.54, 1.807) is 36.4 Å². The van der Waals surface area contributed by atoms with Crippen LogP contribution in [0.5, 0.6) is 0 Å². The molecule has 0 bridgehead atoms. The van der Waals surface area contributed by atoms with Gasteiger partial charge in [0.15, 0.2) is 0 Å². The first-order valence-electron chi connectivity index (χ1n) is 10.5. The van der Waals surface area contributed by atoms with Crippen molar-refractivity contribution in [2.45, 2.75) is 6.92 Å². The Hall–Kier alpha value is -4.63. The average molecular weight is 435 g/mol. The molecule has 3 N–H and O–H groups in total. The first-order chi connectivity index (χ1) is 16.1. The van der Waals surface area contributed by atoms with Crippen molar-refractivity contribution < 1.29 is 14.4 Å². The molecule has 0 unspecified atom stereocenters. The van der Waals surface area contributed by atoms with Gasteiger partial charge in [-0.2, -0.15) is 0 Å². The van der Waals surface area contributed by atoms with Gasteiger partial charge in [-0.25, -0.2) is 0 Å². The molecule has 0 saturated carbocycles. The maximum absolute atomic E-state index is 13.0. The Balaban J connectivity index is 1.77. The highest BCUT2D eigenvalue weighted by Gasteiger charge is 2.28. The minimum absolute atomic E-state index is 0.241. The van der Waals surface area contributed by atoms with E-state index in [1.807, 2.05) is 43.3 Å². The summed E-state index contributed by atoms with van der Waals surface area (Å²) in [6, 6.07) is 21.9. The fraction of sp³-hybridized carbons (Fsp3) is 0.0741. The number of anilines is 2. The van der Waals surface area contributed by atoms with Crippen molar-refractivity contribution in [1.29, 1.82) is 0 Å². The molecule has 0 spiro atoms. The summed E-state index contributed by atoms with van der Waals surface area (Å²) < 4.78 is 0. The van der Waals surface area contributed by atoms with Crippen molar-refractivity contribution in [2.75, 3.05) is 17.2 Å². The zero-order valence-corrected chi connectivity index (χ0v) is 17.9. The van der Waals surface area contributed by atoms with Gasteiger partial charge in [-0.3, -0.25) is 14.4 Å². The molecule has 0 aliphatic carbocycles. The number of hydrogen-bond acceptors (Lipinski definition) is 4. The molecule has 33 heavy (non-hydrogen) atoms. The molecular weight excluding hydrogens is 414 g/mol. The summed E-state index contributed by atoms with van der Waals surface area (Å²) >= 11 is 0. The third-order valence-electron chi connectivity index (χ3n) is 5.05. The molecule has 162 valence electrons. The minimum atomic E-state index is -0.348. The van der Waals surface area contributed by atoms with E-state index in [0.717, 1.165) is 23.1 Å². The Morgan fingerprint density at radius 2 is 1.79 bits per heavy atom. The second-order valence-corrected chi connectivity index (χ2v) is 7.30. The Morgan fingerprint density at radius 1 is 1.03 bits per heavy atom. The number of benzene rings is 3. The number of amides is 2. The average Bonchev–Trinajstić information content (AvgIpc) is 3.17. The van der Waals surface area contributed by atoms with Gasteiger partial charge in [-0.15, -0.1) is 0 Å². The summed E-state index contributed by atoms with van der Waals surface area (Å²) in [6.45, 7) is 2.34. The van der Waals surface area contributed by atoms with Gasteiger partial charge in [-0.05, 0) is 48.9 Å². The molecule has 0 saturated heterocycles. The van der Waals surface area contributed by atoms with E-state index in [0.29, 0.717) is 34.6 Å². The van der Waals surface area contributed by atoms with E-state index in [4.69, 9.17) is 0 Å². The molecule has 0 fully saturated rings. The standard InChI is InChI=1S/C27H21N3O3/c1-2-28-24(32)15-11-18-10-14-22-23(16-18)30-27(33)25(22)26(20-6-4-3-5-7-20)29-21-12-8-19(17-31)9-13-21/h3-10,12-14,16-17,29H,2H2,1H3,(H,28,32)(H,30,33)/b26-25-. The van der Waals surface area contributed by atoms with Gasteiger partial charge in [0.2, 0.25) is 0 Å². The second kappa shape index (κ2) is 9.67. The van der Waals surface area contributed by atoms with Crippen LogP contribution in [0.1, 0.15) is 34.0 Å². The van der Waals surface area contributed by atoms with Gasteiger partial charge in [0, 0.05) is 34.8 Å².